The van der Waals surface area contributed by atoms with Crippen LogP contribution in [0.5, 0.6) is 5.75 Å². The number of hydrogen-bond donors (Lipinski definition) is 2. The lowest BCUT2D eigenvalue weighted by Gasteiger charge is -2.18. The maximum absolute atomic E-state index is 12.8. The van der Waals surface area contributed by atoms with E-state index in [1.807, 2.05) is 42.5 Å². The van der Waals surface area contributed by atoms with Gasteiger partial charge in [-0.25, -0.2) is 9.97 Å². The molecule has 194 valence electrons. The largest absolute Gasteiger partial charge is 0.573 e. The van der Waals surface area contributed by atoms with Crippen molar-refractivity contribution in [3.63, 3.8) is 0 Å². The summed E-state index contributed by atoms with van der Waals surface area (Å²) in [6.45, 7) is 1.06. The first-order valence-corrected chi connectivity index (χ1v) is 11.9. The SMILES string of the molecule is CNc1cc(N2Cc3ccc(C(=O)NCc4ccccc4OC(F)(F)F)cc3C2)nc(-c2ccccc2)n1. The number of anilines is 2. The van der Waals surface area contributed by atoms with Crippen molar-refractivity contribution in [2.24, 2.45) is 0 Å². The number of nitrogens with zero attached hydrogens (tertiary/aromatic N) is 3. The first-order valence-electron chi connectivity index (χ1n) is 11.9. The Balaban J connectivity index is 1.30. The van der Waals surface area contributed by atoms with Gasteiger partial charge in [-0.05, 0) is 29.3 Å². The minimum absolute atomic E-state index is 0.107. The molecule has 1 aliphatic rings. The standard InChI is InChI=1S/C28H24F3N5O2/c1-32-24-14-25(35-26(34-24)18-7-3-2-4-8-18)36-16-21-12-11-19(13-22(21)17-36)27(37)33-15-20-9-5-6-10-23(20)38-28(29,30)31/h2-14H,15-17H2,1H3,(H,33,37)(H,32,34,35). The summed E-state index contributed by atoms with van der Waals surface area (Å²) >= 11 is 0. The van der Waals surface area contributed by atoms with Gasteiger partial charge in [-0.1, -0.05) is 54.6 Å². The lowest BCUT2D eigenvalue weighted by Crippen LogP contribution is -2.24. The zero-order chi connectivity index (χ0) is 26.7. The van der Waals surface area contributed by atoms with Gasteiger partial charge in [0.05, 0.1) is 0 Å². The molecule has 0 saturated carbocycles. The third kappa shape index (κ3) is 5.69. The van der Waals surface area contributed by atoms with Crippen molar-refractivity contribution in [2.75, 3.05) is 17.3 Å². The van der Waals surface area contributed by atoms with Crippen LogP contribution in [0.4, 0.5) is 24.8 Å². The van der Waals surface area contributed by atoms with E-state index in [0.717, 1.165) is 22.5 Å². The van der Waals surface area contributed by atoms with Gasteiger partial charge in [0.15, 0.2) is 5.82 Å². The lowest BCUT2D eigenvalue weighted by atomic mass is 10.1. The van der Waals surface area contributed by atoms with E-state index >= 15 is 0 Å². The third-order valence-corrected chi connectivity index (χ3v) is 6.15. The summed E-state index contributed by atoms with van der Waals surface area (Å²) < 4.78 is 42.1. The predicted octanol–water partition coefficient (Wildman–Crippen LogP) is 5.53. The number of alkyl halides is 3. The molecule has 1 aromatic heterocycles. The van der Waals surface area contributed by atoms with Gasteiger partial charge in [-0.3, -0.25) is 4.79 Å². The van der Waals surface area contributed by atoms with Gasteiger partial charge in [0.1, 0.15) is 17.4 Å². The van der Waals surface area contributed by atoms with Crippen LogP contribution in [0.1, 0.15) is 27.0 Å². The van der Waals surface area contributed by atoms with E-state index in [4.69, 9.17) is 4.98 Å². The van der Waals surface area contributed by atoms with Crippen LogP contribution in [0.15, 0.2) is 78.9 Å². The molecule has 5 rings (SSSR count). The number of carbonyl (C=O) groups excluding carboxylic acids is 1. The Bertz CT molecular complexity index is 1460. The Morgan fingerprint density at radius 1 is 0.947 bits per heavy atom. The number of amides is 1. The van der Waals surface area contributed by atoms with Gasteiger partial charge >= 0.3 is 6.36 Å². The molecular formula is C28H24F3N5O2. The van der Waals surface area contributed by atoms with Gasteiger partial charge in [-0.2, -0.15) is 0 Å². The van der Waals surface area contributed by atoms with E-state index in [1.165, 1.54) is 18.2 Å². The summed E-state index contributed by atoms with van der Waals surface area (Å²) in [7, 11) is 1.80. The molecule has 0 saturated heterocycles. The molecule has 0 bridgehead atoms. The molecule has 0 spiro atoms. The molecule has 10 heteroatoms. The molecule has 38 heavy (non-hydrogen) atoms. The highest BCUT2D eigenvalue weighted by atomic mass is 19.4. The summed E-state index contributed by atoms with van der Waals surface area (Å²) in [5.41, 5.74) is 3.59. The first kappa shape index (κ1) is 25.1. The molecule has 0 radical (unpaired) electrons. The molecule has 2 heterocycles. The minimum atomic E-state index is -4.81. The van der Waals surface area contributed by atoms with Crippen LogP contribution in [-0.4, -0.2) is 29.3 Å². The smallest absolute Gasteiger partial charge is 0.405 e. The highest BCUT2D eigenvalue weighted by Crippen LogP contribution is 2.31. The van der Waals surface area contributed by atoms with Crippen molar-refractivity contribution < 1.29 is 22.7 Å². The second-order valence-electron chi connectivity index (χ2n) is 8.73. The van der Waals surface area contributed by atoms with E-state index in [1.54, 1.807) is 25.2 Å². The molecule has 0 atom stereocenters. The quantitative estimate of drug-likeness (QED) is 0.334. The molecule has 0 unspecified atom stereocenters. The molecular weight excluding hydrogens is 495 g/mol. The zero-order valence-corrected chi connectivity index (χ0v) is 20.4. The zero-order valence-electron chi connectivity index (χ0n) is 20.4. The predicted molar refractivity (Wildman–Crippen MR) is 138 cm³/mol. The fourth-order valence-electron chi connectivity index (χ4n) is 4.29. The fourth-order valence-corrected chi connectivity index (χ4v) is 4.29. The molecule has 4 aromatic rings. The van der Waals surface area contributed by atoms with Crippen molar-refractivity contribution in [1.29, 1.82) is 0 Å². The number of benzene rings is 3. The summed E-state index contributed by atoms with van der Waals surface area (Å²) in [5.74, 6) is 1.33. The number of para-hydroxylation sites is 1. The summed E-state index contributed by atoms with van der Waals surface area (Å²) in [6, 6.07) is 22.7. The Labute approximate surface area is 217 Å². The average Bonchev–Trinajstić information content (AvgIpc) is 3.35. The van der Waals surface area contributed by atoms with Crippen molar-refractivity contribution in [3.05, 3.63) is 101 Å². The number of rotatable bonds is 7. The van der Waals surface area contributed by atoms with Crippen molar-refractivity contribution in [1.82, 2.24) is 15.3 Å². The number of carbonyl (C=O) groups is 1. The van der Waals surface area contributed by atoms with Crippen LogP contribution in [0.3, 0.4) is 0 Å². The topological polar surface area (TPSA) is 79.4 Å². The first-order chi connectivity index (χ1) is 18.3. The molecule has 1 aliphatic heterocycles. The highest BCUT2D eigenvalue weighted by molar-refractivity contribution is 5.94. The Kier molecular flexibility index (Phi) is 6.87. The van der Waals surface area contributed by atoms with Crippen LogP contribution in [0.25, 0.3) is 11.4 Å². The second kappa shape index (κ2) is 10.4. The Morgan fingerprint density at radius 2 is 1.68 bits per heavy atom. The van der Waals surface area contributed by atoms with Crippen molar-refractivity contribution in [2.45, 2.75) is 26.0 Å². The maximum atomic E-state index is 12.8. The third-order valence-electron chi connectivity index (χ3n) is 6.15. The molecule has 0 fully saturated rings. The minimum Gasteiger partial charge on any atom is -0.405 e. The molecule has 1 amide bonds. The molecule has 2 N–H and O–H groups in total. The van der Waals surface area contributed by atoms with Crippen LogP contribution >= 0.6 is 0 Å². The highest BCUT2D eigenvalue weighted by Gasteiger charge is 2.32. The van der Waals surface area contributed by atoms with Crippen LogP contribution < -0.4 is 20.3 Å². The Hall–Kier alpha value is -4.60. The monoisotopic (exact) mass is 519 g/mol. The number of ether oxygens (including phenoxy) is 1. The summed E-state index contributed by atoms with van der Waals surface area (Å²) in [4.78, 5) is 24.3. The van der Waals surface area contributed by atoms with E-state index in [9.17, 15) is 18.0 Å². The second-order valence-corrected chi connectivity index (χ2v) is 8.73. The van der Waals surface area contributed by atoms with Gasteiger partial charge in [0, 0.05) is 49.4 Å². The number of nitrogens with one attached hydrogen (secondary N) is 2. The normalized spacial score (nSPS) is 12.7. The van der Waals surface area contributed by atoms with Gasteiger partial charge < -0.3 is 20.3 Å². The van der Waals surface area contributed by atoms with Gasteiger partial charge in [0.25, 0.3) is 5.91 Å². The number of aromatic nitrogens is 2. The van der Waals surface area contributed by atoms with E-state index in [2.05, 4.69) is 25.3 Å². The number of halogens is 3. The van der Waals surface area contributed by atoms with Crippen molar-refractivity contribution in [3.8, 4) is 17.1 Å². The van der Waals surface area contributed by atoms with E-state index in [-0.39, 0.29) is 23.8 Å². The number of fused-ring (bicyclic) bond motifs is 1. The average molecular weight is 520 g/mol. The van der Waals surface area contributed by atoms with Crippen LogP contribution in [0, 0.1) is 0 Å². The maximum Gasteiger partial charge on any atom is 0.573 e. The lowest BCUT2D eigenvalue weighted by molar-refractivity contribution is -0.274. The molecule has 3 aromatic carbocycles. The Morgan fingerprint density at radius 3 is 2.45 bits per heavy atom. The molecule has 0 aliphatic carbocycles. The summed E-state index contributed by atoms with van der Waals surface area (Å²) in [6.07, 6.45) is -4.81. The van der Waals surface area contributed by atoms with Crippen LogP contribution in [-0.2, 0) is 19.6 Å². The fraction of sp³-hybridized carbons (Fsp3) is 0.179. The summed E-state index contributed by atoms with van der Waals surface area (Å²) in [5, 5.41) is 5.78. The van der Waals surface area contributed by atoms with Gasteiger partial charge in [-0.15, -0.1) is 13.2 Å². The van der Waals surface area contributed by atoms with Crippen LogP contribution in [0.2, 0.25) is 0 Å². The number of hydrogen-bond acceptors (Lipinski definition) is 6. The van der Waals surface area contributed by atoms with E-state index < -0.39 is 6.36 Å². The van der Waals surface area contributed by atoms with Gasteiger partial charge in [0.2, 0.25) is 0 Å². The molecule has 7 nitrogen and oxygen atoms in total. The van der Waals surface area contributed by atoms with E-state index in [0.29, 0.717) is 30.3 Å². The van der Waals surface area contributed by atoms with Crippen molar-refractivity contribution >= 4 is 17.5 Å².